The summed E-state index contributed by atoms with van der Waals surface area (Å²) in [5.74, 6) is 0.521. The number of benzene rings is 1. The highest BCUT2D eigenvalue weighted by molar-refractivity contribution is 7.20. The molecule has 0 atom stereocenters. The highest BCUT2D eigenvalue weighted by Crippen LogP contribution is 2.40. The fourth-order valence-corrected chi connectivity index (χ4v) is 4.28. The maximum atomic E-state index is 5.90. The van der Waals surface area contributed by atoms with Crippen LogP contribution in [-0.2, 0) is 6.42 Å². The van der Waals surface area contributed by atoms with Gasteiger partial charge in [-0.3, -0.25) is 0 Å². The molecule has 0 spiro atoms. The van der Waals surface area contributed by atoms with E-state index in [1.54, 1.807) is 11.3 Å². The minimum Gasteiger partial charge on any atom is -0.198 e. The third-order valence-electron chi connectivity index (χ3n) is 3.50. The smallest absolute Gasteiger partial charge is 0.198 e. The van der Waals surface area contributed by atoms with Crippen molar-refractivity contribution in [3.05, 3.63) is 45.3 Å². The summed E-state index contributed by atoms with van der Waals surface area (Å²) in [5, 5.41) is 1.50. The van der Waals surface area contributed by atoms with Gasteiger partial charge in [0, 0.05) is 15.1 Å². The van der Waals surface area contributed by atoms with Crippen molar-refractivity contribution < 1.29 is 0 Å². The maximum Gasteiger partial charge on any atom is 0.227 e. The molecular formula is C15H9Cl2N3S. The summed E-state index contributed by atoms with van der Waals surface area (Å²) in [5.41, 5.74) is 2.36. The molecule has 2 heterocycles. The van der Waals surface area contributed by atoms with Crippen molar-refractivity contribution in [3.63, 3.8) is 0 Å². The summed E-state index contributed by atoms with van der Waals surface area (Å²) in [6, 6.07) is 6.17. The lowest BCUT2D eigenvalue weighted by Crippen LogP contribution is -1.94. The van der Waals surface area contributed by atoms with E-state index in [4.69, 9.17) is 23.2 Å². The van der Waals surface area contributed by atoms with Crippen molar-refractivity contribution in [2.75, 3.05) is 0 Å². The average Bonchev–Trinajstić information content (AvgIpc) is 2.84. The molecule has 21 heavy (non-hydrogen) atoms. The summed E-state index contributed by atoms with van der Waals surface area (Å²) in [6.07, 6.45) is 6.58. The maximum absolute atomic E-state index is 5.90. The lowest BCUT2D eigenvalue weighted by molar-refractivity contribution is 1.01. The van der Waals surface area contributed by atoms with Gasteiger partial charge >= 0.3 is 0 Å². The van der Waals surface area contributed by atoms with Gasteiger partial charge in [0.25, 0.3) is 0 Å². The van der Waals surface area contributed by atoms with Crippen LogP contribution >= 0.6 is 34.5 Å². The molecule has 6 heteroatoms. The van der Waals surface area contributed by atoms with E-state index in [1.807, 2.05) is 12.1 Å². The molecule has 0 aliphatic heterocycles. The number of halogens is 2. The van der Waals surface area contributed by atoms with Gasteiger partial charge in [0.05, 0.1) is 0 Å². The Morgan fingerprint density at radius 2 is 1.86 bits per heavy atom. The number of hydrogen-bond donors (Lipinski definition) is 0. The molecule has 0 fully saturated rings. The first-order valence-electron chi connectivity index (χ1n) is 6.51. The SMILES string of the molecule is Clc1nc(Cl)nc(-c2cccc3c4c(sc23)C=CCC4)n1. The number of aryl methyl sites for hydroxylation is 1. The summed E-state index contributed by atoms with van der Waals surface area (Å²) in [4.78, 5) is 13.5. The van der Waals surface area contributed by atoms with Crippen molar-refractivity contribution in [1.29, 1.82) is 0 Å². The molecule has 0 saturated heterocycles. The van der Waals surface area contributed by atoms with Crippen LogP contribution < -0.4 is 0 Å². The first-order chi connectivity index (χ1) is 10.2. The van der Waals surface area contributed by atoms with Gasteiger partial charge in [-0.25, -0.2) is 0 Å². The summed E-state index contributed by atoms with van der Waals surface area (Å²) in [6.45, 7) is 0. The molecule has 3 aromatic rings. The number of thiophene rings is 1. The van der Waals surface area contributed by atoms with Crippen LogP contribution in [0.25, 0.3) is 27.6 Å². The molecule has 0 radical (unpaired) electrons. The highest BCUT2D eigenvalue weighted by Gasteiger charge is 2.17. The van der Waals surface area contributed by atoms with Crippen molar-refractivity contribution in [2.24, 2.45) is 0 Å². The Balaban J connectivity index is 2.01. The van der Waals surface area contributed by atoms with Crippen LogP contribution in [0.15, 0.2) is 24.3 Å². The zero-order chi connectivity index (χ0) is 14.4. The lowest BCUT2D eigenvalue weighted by Gasteiger charge is -2.05. The first-order valence-corrected chi connectivity index (χ1v) is 8.08. The van der Waals surface area contributed by atoms with E-state index >= 15 is 0 Å². The minimum absolute atomic E-state index is 0.114. The normalized spacial score (nSPS) is 13.6. The van der Waals surface area contributed by atoms with Crippen LogP contribution in [0.2, 0.25) is 10.6 Å². The number of rotatable bonds is 1. The number of nitrogens with zero attached hydrogens (tertiary/aromatic N) is 3. The zero-order valence-electron chi connectivity index (χ0n) is 10.8. The second-order valence-corrected chi connectivity index (χ2v) is 6.49. The molecule has 0 saturated carbocycles. The number of allylic oxidation sites excluding steroid dienone is 1. The van der Waals surface area contributed by atoms with Crippen LogP contribution in [0.3, 0.4) is 0 Å². The third kappa shape index (κ3) is 2.24. The van der Waals surface area contributed by atoms with Crippen LogP contribution in [0, 0.1) is 0 Å². The van der Waals surface area contributed by atoms with Crippen molar-refractivity contribution >= 4 is 50.7 Å². The monoisotopic (exact) mass is 333 g/mol. The lowest BCUT2D eigenvalue weighted by atomic mass is 10.00. The van der Waals surface area contributed by atoms with E-state index in [9.17, 15) is 0 Å². The molecule has 0 unspecified atom stereocenters. The molecule has 104 valence electrons. The first kappa shape index (κ1) is 13.2. The highest BCUT2D eigenvalue weighted by atomic mass is 35.5. The van der Waals surface area contributed by atoms with Gasteiger partial charge in [-0.2, -0.15) is 15.0 Å². The van der Waals surface area contributed by atoms with Gasteiger partial charge < -0.3 is 0 Å². The van der Waals surface area contributed by atoms with Gasteiger partial charge in [0.15, 0.2) is 5.82 Å². The molecule has 1 aromatic carbocycles. The van der Waals surface area contributed by atoms with Crippen molar-refractivity contribution in [1.82, 2.24) is 15.0 Å². The quantitative estimate of drug-likeness (QED) is 0.627. The molecule has 1 aliphatic rings. The Labute approximate surface area is 135 Å². The van der Waals surface area contributed by atoms with Gasteiger partial charge in [-0.05, 0) is 59.1 Å². The number of fused-ring (bicyclic) bond motifs is 3. The Hall–Kier alpha value is -1.49. The van der Waals surface area contributed by atoms with E-state index in [1.165, 1.54) is 20.5 Å². The molecule has 0 amide bonds. The van der Waals surface area contributed by atoms with Crippen LogP contribution in [0.1, 0.15) is 16.9 Å². The second-order valence-electron chi connectivity index (χ2n) is 4.77. The standard InChI is InChI=1S/C15H9Cl2N3S/c16-14-18-13(19-15(17)20-14)10-6-3-5-9-8-4-1-2-7-11(8)21-12(9)10/h2-3,5-7H,1,4H2. The number of aromatic nitrogens is 3. The van der Waals surface area contributed by atoms with Crippen molar-refractivity contribution in [3.8, 4) is 11.4 Å². The second kappa shape index (κ2) is 5.05. The van der Waals surface area contributed by atoms with E-state index in [0.717, 1.165) is 18.4 Å². The summed E-state index contributed by atoms with van der Waals surface area (Å²) in [7, 11) is 0. The van der Waals surface area contributed by atoms with Gasteiger partial charge in [0.1, 0.15) is 0 Å². The molecule has 2 aromatic heterocycles. The predicted octanol–water partition coefficient (Wildman–Crippen LogP) is 5.02. The Morgan fingerprint density at radius 3 is 2.67 bits per heavy atom. The van der Waals surface area contributed by atoms with Crippen LogP contribution in [0.5, 0.6) is 0 Å². The average molecular weight is 334 g/mol. The summed E-state index contributed by atoms with van der Waals surface area (Å²) >= 11 is 13.6. The topological polar surface area (TPSA) is 38.7 Å². The zero-order valence-corrected chi connectivity index (χ0v) is 13.1. The minimum atomic E-state index is 0.114. The van der Waals surface area contributed by atoms with E-state index in [-0.39, 0.29) is 10.6 Å². The van der Waals surface area contributed by atoms with Gasteiger partial charge in [-0.1, -0.05) is 18.2 Å². The molecule has 3 nitrogen and oxygen atoms in total. The molecular weight excluding hydrogens is 325 g/mol. The van der Waals surface area contributed by atoms with E-state index in [2.05, 4.69) is 33.2 Å². The summed E-state index contributed by atoms with van der Waals surface area (Å²) < 4.78 is 1.17. The fourth-order valence-electron chi connectivity index (χ4n) is 2.62. The molecule has 0 N–H and O–H groups in total. The predicted molar refractivity (Wildman–Crippen MR) is 88.0 cm³/mol. The molecule has 1 aliphatic carbocycles. The Morgan fingerprint density at radius 1 is 1.05 bits per heavy atom. The molecule has 0 bridgehead atoms. The van der Waals surface area contributed by atoms with E-state index in [0.29, 0.717) is 5.82 Å². The van der Waals surface area contributed by atoms with Gasteiger partial charge in [0.2, 0.25) is 10.6 Å². The third-order valence-corrected chi connectivity index (χ3v) is 5.09. The Bertz CT molecular complexity index is 866. The van der Waals surface area contributed by atoms with Crippen molar-refractivity contribution in [2.45, 2.75) is 12.8 Å². The largest absolute Gasteiger partial charge is 0.227 e. The van der Waals surface area contributed by atoms with Gasteiger partial charge in [-0.15, -0.1) is 11.3 Å². The Kier molecular flexibility index (Phi) is 3.17. The van der Waals surface area contributed by atoms with E-state index < -0.39 is 0 Å². The van der Waals surface area contributed by atoms with Crippen LogP contribution in [-0.4, -0.2) is 15.0 Å². The van der Waals surface area contributed by atoms with Crippen LogP contribution in [0.4, 0.5) is 0 Å². The fraction of sp³-hybridized carbons (Fsp3) is 0.133. The molecule has 4 rings (SSSR count). The number of hydrogen-bond acceptors (Lipinski definition) is 4.